The second kappa shape index (κ2) is 5.85. The maximum absolute atomic E-state index is 12.4. The highest BCUT2D eigenvalue weighted by molar-refractivity contribution is 7.13. The number of furan rings is 1. The molecule has 0 aromatic carbocycles. The van der Waals surface area contributed by atoms with E-state index in [1.807, 2.05) is 12.1 Å². The van der Waals surface area contributed by atoms with Crippen LogP contribution in [-0.4, -0.2) is 41.0 Å². The molecule has 1 N–H and O–H groups in total. The van der Waals surface area contributed by atoms with Gasteiger partial charge in [0.25, 0.3) is 5.91 Å². The average molecular weight is 317 g/mol. The molecule has 2 aliphatic heterocycles. The summed E-state index contributed by atoms with van der Waals surface area (Å²) in [6.07, 6.45) is 6.42. The molecule has 2 saturated heterocycles. The molecule has 5 nitrogen and oxygen atoms in total. The molecular formula is C16H19N3O2S. The van der Waals surface area contributed by atoms with Crippen LogP contribution in [0.2, 0.25) is 0 Å². The highest BCUT2D eigenvalue weighted by atomic mass is 32.1. The first-order chi connectivity index (χ1) is 10.8. The van der Waals surface area contributed by atoms with Gasteiger partial charge in [0.2, 0.25) is 0 Å². The van der Waals surface area contributed by atoms with Crippen molar-refractivity contribution in [2.75, 3.05) is 13.1 Å². The van der Waals surface area contributed by atoms with Gasteiger partial charge < -0.3 is 9.73 Å². The van der Waals surface area contributed by atoms with E-state index in [1.165, 1.54) is 37.1 Å². The van der Waals surface area contributed by atoms with Crippen LogP contribution in [0.5, 0.6) is 0 Å². The van der Waals surface area contributed by atoms with Gasteiger partial charge in [-0.25, -0.2) is 4.98 Å². The minimum absolute atomic E-state index is 0.0634. The molecule has 2 atom stereocenters. The van der Waals surface area contributed by atoms with Gasteiger partial charge in [-0.05, 0) is 37.9 Å². The molecule has 116 valence electrons. The van der Waals surface area contributed by atoms with Crippen LogP contribution in [0.4, 0.5) is 0 Å². The molecule has 22 heavy (non-hydrogen) atoms. The van der Waals surface area contributed by atoms with Gasteiger partial charge in [0.05, 0.1) is 6.26 Å². The molecule has 1 amide bonds. The van der Waals surface area contributed by atoms with Crippen molar-refractivity contribution in [3.05, 3.63) is 29.5 Å². The van der Waals surface area contributed by atoms with Crippen LogP contribution in [0.15, 0.2) is 28.2 Å². The highest BCUT2D eigenvalue weighted by Crippen LogP contribution is 2.28. The van der Waals surface area contributed by atoms with Gasteiger partial charge in [0.15, 0.2) is 10.8 Å². The van der Waals surface area contributed by atoms with Crippen molar-refractivity contribution in [1.82, 2.24) is 15.2 Å². The van der Waals surface area contributed by atoms with Crippen LogP contribution in [0.1, 0.15) is 36.2 Å². The van der Waals surface area contributed by atoms with Crippen molar-refractivity contribution < 1.29 is 9.21 Å². The first-order valence-electron chi connectivity index (χ1n) is 7.85. The van der Waals surface area contributed by atoms with Gasteiger partial charge in [-0.1, -0.05) is 6.42 Å². The Kier molecular flexibility index (Phi) is 3.72. The smallest absolute Gasteiger partial charge is 0.271 e. The van der Waals surface area contributed by atoms with Gasteiger partial charge >= 0.3 is 0 Å². The summed E-state index contributed by atoms with van der Waals surface area (Å²) in [7, 11) is 0. The highest BCUT2D eigenvalue weighted by Gasteiger charge is 2.36. The van der Waals surface area contributed by atoms with Crippen molar-refractivity contribution in [1.29, 1.82) is 0 Å². The molecule has 2 aliphatic rings. The molecule has 2 aromatic heterocycles. The number of rotatable bonds is 3. The lowest BCUT2D eigenvalue weighted by atomic mass is 9.99. The van der Waals surface area contributed by atoms with E-state index in [0.29, 0.717) is 17.5 Å². The van der Waals surface area contributed by atoms with Crippen molar-refractivity contribution in [2.45, 2.75) is 37.8 Å². The Morgan fingerprint density at radius 1 is 1.36 bits per heavy atom. The molecule has 0 saturated carbocycles. The summed E-state index contributed by atoms with van der Waals surface area (Å²) < 4.78 is 5.33. The van der Waals surface area contributed by atoms with Crippen LogP contribution < -0.4 is 5.32 Å². The SMILES string of the molecule is O=C(N[C@@H]1CCN2CCCC[C@H]12)c1csc(-c2ccco2)n1. The fourth-order valence-corrected chi connectivity index (χ4v) is 4.32. The molecule has 2 aromatic rings. The molecule has 6 heteroatoms. The molecule has 2 fully saturated rings. The number of nitrogens with one attached hydrogen (secondary N) is 1. The fraction of sp³-hybridized carbons (Fsp3) is 0.500. The Labute approximate surface area is 133 Å². The summed E-state index contributed by atoms with van der Waals surface area (Å²) in [6, 6.07) is 4.46. The number of carbonyl (C=O) groups is 1. The van der Waals surface area contributed by atoms with E-state index >= 15 is 0 Å². The Morgan fingerprint density at radius 3 is 3.18 bits per heavy atom. The Morgan fingerprint density at radius 2 is 2.32 bits per heavy atom. The van der Waals surface area contributed by atoms with Crippen LogP contribution in [-0.2, 0) is 0 Å². The maximum Gasteiger partial charge on any atom is 0.271 e. The quantitative estimate of drug-likeness (QED) is 0.945. The first-order valence-corrected chi connectivity index (χ1v) is 8.73. The second-order valence-electron chi connectivity index (χ2n) is 5.98. The zero-order valence-electron chi connectivity index (χ0n) is 12.3. The van der Waals surface area contributed by atoms with Crippen molar-refractivity contribution in [3.63, 3.8) is 0 Å². The van der Waals surface area contributed by atoms with Gasteiger partial charge in [-0.2, -0.15) is 0 Å². The summed E-state index contributed by atoms with van der Waals surface area (Å²) >= 11 is 1.44. The Hall–Kier alpha value is -1.66. The first kappa shape index (κ1) is 14.0. The lowest BCUT2D eigenvalue weighted by molar-refractivity contribution is 0.0911. The van der Waals surface area contributed by atoms with E-state index < -0.39 is 0 Å². The monoisotopic (exact) mass is 317 g/mol. The predicted octanol–water partition coefficient (Wildman–Crippen LogP) is 2.76. The minimum atomic E-state index is -0.0634. The number of aromatic nitrogens is 1. The molecular weight excluding hydrogens is 298 g/mol. The van der Waals surface area contributed by atoms with Crippen molar-refractivity contribution in [3.8, 4) is 10.8 Å². The zero-order valence-corrected chi connectivity index (χ0v) is 13.1. The standard InChI is InChI=1S/C16H19N3O2S/c20-15(12-10-22-16(18-12)14-5-3-9-21-14)17-11-6-8-19-7-2-1-4-13(11)19/h3,5,9-11,13H,1-2,4,6-8H2,(H,17,20)/t11-,13-/m1/s1. The van der Waals surface area contributed by atoms with Crippen molar-refractivity contribution in [2.24, 2.45) is 0 Å². The molecule has 0 radical (unpaired) electrons. The van der Waals surface area contributed by atoms with Gasteiger partial charge in [-0.15, -0.1) is 11.3 Å². The molecule has 0 spiro atoms. The number of amides is 1. The summed E-state index contributed by atoms with van der Waals surface area (Å²) in [4.78, 5) is 19.4. The van der Waals surface area contributed by atoms with E-state index in [2.05, 4.69) is 15.2 Å². The summed E-state index contributed by atoms with van der Waals surface area (Å²) in [6.45, 7) is 2.28. The number of fused-ring (bicyclic) bond motifs is 1. The number of nitrogens with zero attached hydrogens (tertiary/aromatic N) is 2. The largest absolute Gasteiger partial charge is 0.462 e. The van der Waals surface area contributed by atoms with E-state index in [4.69, 9.17) is 4.42 Å². The minimum Gasteiger partial charge on any atom is -0.462 e. The van der Waals surface area contributed by atoms with E-state index in [9.17, 15) is 4.79 Å². The molecule has 4 heterocycles. The normalized spacial score (nSPS) is 25.1. The van der Waals surface area contributed by atoms with E-state index in [1.54, 1.807) is 11.6 Å². The summed E-state index contributed by atoms with van der Waals surface area (Å²) in [5.41, 5.74) is 0.491. The third-order valence-corrected chi connectivity index (χ3v) is 5.50. The van der Waals surface area contributed by atoms with Gasteiger partial charge in [0, 0.05) is 24.0 Å². The molecule has 4 rings (SSSR count). The number of hydrogen-bond acceptors (Lipinski definition) is 5. The van der Waals surface area contributed by atoms with Crippen molar-refractivity contribution >= 4 is 17.2 Å². The fourth-order valence-electron chi connectivity index (χ4n) is 3.55. The third kappa shape index (κ3) is 2.57. The molecule has 0 aliphatic carbocycles. The zero-order chi connectivity index (χ0) is 14.9. The van der Waals surface area contributed by atoms with Crippen LogP contribution in [0.3, 0.4) is 0 Å². The summed E-state index contributed by atoms with van der Waals surface area (Å²) in [5.74, 6) is 0.648. The number of hydrogen-bond donors (Lipinski definition) is 1. The number of thiazole rings is 1. The number of carbonyl (C=O) groups excluding carboxylic acids is 1. The molecule has 0 unspecified atom stereocenters. The Balaban J connectivity index is 1.44. The van der Waals surface area contributed by atoms with Crippen LogP contribution in [0.25, 0.3) is 10.8 Å². The van der Waals surface area contributed by atoms with E-state index in [0.717, 1.165) is 18.0 Å². The third-order valence-electron chi connectivity index (χ3n) is 4.64. The number of piperidine rings is 1. The predicted molar refractivity (Wildman–Crippen MR) is 84.9 cm³/mol. The van der Waals surface area contributed by atoms with Crippen LogP contribution >= 0.6 is 11.3 Å². The lowest BCUT2D eigenvalue weighted by Crippen LogP contribution is -2.46. The summed E-state index contributed by atoms with van der Waals surface area (Å²) in [5, 5.41) is 5.74. The van der Waals surface area contributed by atoms with Crippen LogP contribution in [0, 0.1) is 0 Å². The molecule has 0 bridgehead atoms. The lowest BCUT2D eigenvalue weighted by Gasteiger charge is -2.32. The van der Waals surface area contributed by atoms with E-state index in [-0.39, 0.29) is 11.9 Å². The topological polar surface area (TPSA) is 58.4 Å². The van der Waals surface area contributed by atoms with Gasteiger partial charge in [-0.3, -0.25) is 9.69 Å². The average Bonchev–Trinajstić information content (AvgIpc) is 3.28. The second-order valence-corrected chi connectivity index (χ2v) is 6.84. The Bertz CT molecular complexity index is 652. The maximum atomic E-state index is 12.4. The van der Waals surface area contributed by atoms with Gasteiger partial charge in [0.1, 0.15) is 5.69 Å².